The Morgan fingerprint density at radius 3 is 0.952 bits per heavy atom. The van der Waals surface area contributed by atoms with E-state index in [1.807, 2.05) is 0 Å². The molecule has 2 aliphatic rings. The molecule has 0 bridgehead atoms. The van der Waals surface area contributed by atoms with Crippen LogP contribution in [0.15, 0.2) is 0 Å². The molecule has 0 aliphatic heterocycles. The van der Waals surface area contributed by atoms with Gasteiger partial charge in [0.15, 0.2) is 0 Å². The summed E-state index contributed by atoms with van der Waals surface area (Å²) in [7, 11) is 0.766. The van der Waals surface area contributed by atoms with Crippen LogP contribution in [0.4, 0.5) is 0 Å². The van der Waals surface area contributed by atoms with E-state index in [-0.39, 0.29) is 17.1 Å². The first-order valence-corrected chi connectivity index (χ1v) is 13.4. The van der Waals surface area contributed by atoms with Gasteiger partial charge in [0.25, 0.3) is 0 Å². The van der Waals surface area contributed by atoms with Crippen molar-refractivity contribution in [3.63, 3.8) is 0 Å². The minimum atomic E-state index is 0. The van der Waals surface area contributed by atoms with E-state index in [0.29, 0.717) is 15.8 Å². The third-order valence-corrected chi connectivity index (χ3v) is 6.22. The smallest absolute Gasteiger partial charge is 0.328 e. The molecule has 2 fully saturated rings. The number of hydrogen-bond acceptors (Lipinski definition) is 0. The molecule has 2 aliphatic carbocycles. The van der Waals surface area contributed by atoms with Crippen molar-refractivity contribution < 1.29 is 17.1 Å². The molecular formula is C18H38MnP2. The molecule has 0 heterocycles. The Labute approximate surface area is 149 Å². The Bertz CT molecular complexity index is 133. The third kappa shape index (κ3) is 23.8. The van der Waals surface area contributed by atoms with E-state index in [9.17, 15) is 0 Å². The summed E-state index contributed by atoms with van der Waals surface area (Å²) in [4.78, 5) is 0. The quantitative estimate of drug-likeness (QED) is 0.291. The van der Waals surface area contributed by atoms with Gasteiger partial charge in [0.2, 0.25) is 0 Å². The Hall–Kier alpha value is 1.38. The standard InChI is InChI=1S/C6H16P2.2C6H11.Mn/c1-7(2)5-6-8(3)4;2*1-2-4-6-5-3-1;/h5-6H2,1-4H3;2*1H,2-6H2;/q;2*-1;+2. The van der Waals surface area contributed by atoms with Crippen LogP contribution in [0.25, 0.3) is 0 Å². The van der Waals surface area contributed by atoms with Crippen molar-refractivity contribution in [2.45, 2.75) is 64.2 Å². The van der Waals surface area contributed by atoms with Crippen LogP contribution in [0, 0.1) is 12.8 Å². The van der Waals surface area contributed by atoms with E-state index < -0.39 is 0 Å². The first-order chi connectivity index (χ1) is 9.63. The van der Waals surface area contributed by atoms with Gasteiger partial charge in [-0.2, -0.15) is 25.7 Å². The average Bonchev–Trinajstić information content (AvgIpc) is 2.50. The molecule has 127 valence electrons. The molecule has 0 aromatic heterocycles. The van der Waals surface area contributed by atoms with Gasteiger partial charge in [-0.1, -0.05) is 38.5 Å². The summed E-state index contributed by atoms with van der Waals surface area (Å²) in [5.41, 5.74) is 0. The van der Waals surface area contributed by atoms with Gasteiger partial charge < -0.3 is 12.8 Å². The maximum Gasteiger partial charge on any atom is 2.00 e. The maximum atomic E-state index is 2.39. The largest absolute Gasteiger partial charge is 2.00 e. The van der Waals surface area contributed by atoms with Crippen molar-refractivity contribution in [1.29, 1.82) is 0 Å². The number of hydrogen-bond donors (Lipinski definition) is 0. The predicted octanol–water partition coefficient (Wildman–Crippen LogP) is 6.78. The monoisotopic (exact) mass is 371 g/mol. The van der Waals surface area contributed by atoms with Crippen LogP contribution >= 0.6 is 15.8 Å². The second-order valence-electron chi connectivity index (χ2n) is 6.46. The molecule has 0 amide bonds. The fourth-order valence-corrected chi connectivity index (χ4v) is 5.40. The summed E-state index contributed by atoms with van der Waals surface area (Å²) >= 11 is 0. The van der Waals surface area contributed by atoms with E-state index in [0.717, 1.165) is 0 Å². The summed E-state index contributed by atoms with van der Waals surface area (Å²) in [5, 5.41) is 0. The minimum Gasteiger partial charge on any atom is -0.328 e. The van der Waals surface area contributed by atoms with Crippen molar-refractivity contribution in [1.82, 2.24) is 0 Å². The van der Waals surface area contributed by atoms with Crippen LogP contribution in [0.2, 0.25) is 0 Å². The van der Waals surface area contributed by atoms with E-state index >= 15 is 0 Å². The molecule has 0 spiro atoms. The molecule has 0 N–H and O–H groups in total. The van der Waals surface area contributed by atoms with Gasteiger partial charge in [-0.3, -0.25) is 0 Å². The topological polar surface area (TPSA) is 0 Å². The van der Waals surface area contributed by atoms with Crippen LogP contribution in [0.5, 0.6) is 0 Å². The van der Waals surface area contributed by atoms with Gasteiger partial charge in [0.05, 0.1) is 0 Å². The Balaban J connectivity index is 0. The van der Waals surface area contributed by atoms with Crippen LogP contribution < -0.4 is 0 Å². The average molecular weight is 371 g/mol. The zero-order valence-electron chi connectivity index (χ0n) is 14.9. The predicted molar refractivity (Wildman–Crippen MR) is 102 cm³/mol. The summed E-state index contributed by atoms with van der Waals surface area (Å²) in [5.74, 6) is 0. The molecule has 0 saturated heterocycles. The van der Waals surface area contributed by atoms with Gasteiger partial charge in [-0.15, -0.1) is 15.8 Å². The minimum absolute atomic E-state index is 0. The van der Waals surface area contributed by atoms with Crippen molar-refractivity contribution >= 4 is 15.8 Å². The van der Waals surface area contributed by atoms with Crippen LogP contribution in [0.1, 0.15) is 64.2 Å². The maximum absolute atomic E-state index is 2.39. The van der Waals surface area contributed by atoms with Gasteiger partial charge in [-0.05, 0) is 39.0 Å². The Morgan fingerprint density at radius 2 is 0.857 bits per heavy atom. The molecule has 0 aromatic carbocycles. The zero-order chi connectivity index (χ0) is 15.1. The normalized spacial score (nSPS) is 18.0. The van der Waals surface area contributed by atoms with Crippen molar-refractivity contribution in [3.05, 3.63) is 12.8 Å². The van der Waals surface area contributed by atoms with Gasteiger partial charge >= 0.3 is 17.1 Å². The summed E-state index contributed by atoms with van der Waals surface area (Å²) in [6.45, 7) is 9.42. The molecule has 0 unspecified atom stereocenters. The molecular weight excluding hydrogens is 333 g/mol. The molecule has 3 heteroatoms. The van der Waals surface area contributed by atoms with Crippen LogP contribution in [0.3, 0.4) is 0 Å². The fourth-order valence-electron chi connectivity index (χ4n) is 2.20. The van der Waals surface area contributed by atoms with Crippen molar-refractivity contribution in [2.24, 2.45) is 0 Å². The van der Waals surface area contributed by atoms with Gasteiger partial charge in [-0.25, -0.2) is 0 Å². The number of rotatable bonds is 3. The van der Waals surface area contributed by atoms with E-state index in [4.69, 9.17) is 0 Å². The first kappa shape index (κ1) is 24.6. The first-order valence-electron chi connectivity index (χ1n) is 8.55. The van der Waals surface area contributed by atoms with Crippen LogP contribution in [-0.2, 0) is 17.1 Å². The Kier molecular flexibility index (Phi) is 22.8. The van der Waals surface area contributed by atoms with Crippen molar-refractivity contribution in [2.75, 3.05) is 39.0 Å². The molecule has 0 aromatic rings. The summed E-state index contributed by atoms with van der Waals surface area (Å²) in [6.07, 6.45) is 22.0. The molecule has 2 rings (SSSR count). The van der Waals surface area contributed by atoms with Gasteiger partial charge in [0.1, 0.15) is 0 Å². The second-order valence-corrected chi connectivity index (χ2v) is 11.7. The van der Waals surface area contributed by atoms with E-state index in [1.165, 1.54) is 76.5 Å². The molecule has 2 saturated carbocycles. The summed E-state index contributed by atoms with van der Waals surface area (Å²) in [6, 6.07) is 0. The molecule has 21 heavy (non-hydrogen) atoms. The molecule has 1 radical (unpaired) electrons. The molecule has 0 nitrogen and oxygen atoms in total. The zero-order valence-corrected chi connectivity index (χ0v) is 17.9. The summed E-state index contributed by atoms with van der Waals surface area (Å²) < 4.78 is 0. The van der Waals surface area contributed by atoms with Crippen molar-refractivity contribution in [3.8, 4) is 0 Å². The third-order valence-electron chi connectivity index (χ3n) is 3.63. The van der Waals surface area contributed by atoms with Crippen LogP contribution in [-0.4, -0.2) is 39.0 Å². The Morgan fingerprint density at radius 1 is 0.571 bits per heavy atom. The SMILES string of the molecule is CP(C)CCP(C)C.[CH-]1CCCCC1.[CH-]1CCCCC1.[Mn+2]. The fraction of sp³-hybridized carbons (Fsp3) is 0.889. The van der Waals surface area contributed by atoms with E-state index in [1.54, 1.807) is 0 Å². The van der Waals surface area contributed by atoms with Gasteiger partial charge in [0, 0.05) is 0 Å². The molecule has 0 atom stereocenters. The van der Waals surface area contributed by atoms with E-state index in [2.05, 4.69) is 39.5 Å². The second kappa shape index (κ2) is 19.4.